The highest BCUT2D eigenvalue weighted by atomic mass is 28.3. The van der Waals surface area contributed by atoms with Crippen molar-refractivity contribution >= 4 is 16.1 Å². The molecular formula is C34H58Si2. The normalized spacial score (nSPS) is 24.8. The SMILES string of the molecule is CC(C)(C)[Si]1(C(C)(C)C)C(C=C2CCCCC2)=C2C1=C(C=C1CCCCC1)[Si]2(C(C)(C)C)C(C)(C)C. The van der Waals surface area contributed by atoms with Crippen molar-refractivity contribution in [3.63, 3.8) is 0 Å². The molecule has 0 N–H and O–H groups in total. The second-order valence-electron chi connectivity index (χ2n) is 16.8. The zero-order chi connectivity index (χ0) is 26.9. The third kappa shape index (κ3) is 3.85. The zero-order valence-electron chi connectivity index (χ0n) is 26.2. The van der Waals surface area contributed by atoms with E-state index in [0.717, 1.165) is 0 Å². The van der Waals surface area contributed by atoms with E-state index in [-0.39, 0.29) is 0 Å². The molecule has 0 radical (unpaired) electrons. The average molecular weight is 523 g/mol. The van der Waals surface area contributed by atoms with E-state index < -0.39 is 16.1 Å². The summed E-state index contributed by atoms with van der Waals surface area (Å²) in [6, 6.07) is 0. The molecular weight excluding hydrogens is 465 g/mol. The molecule has 0 bridgehead atoms. The third-order valence-electron chi connectivity index (χ3n) is 10.5. The van der Waals surface area contributed by atoms with E-state index in [9.17, 15) is 0 Å². The molecule has 0 aromatic carbocycles. The van der Waals surface area contributed by atoms with Crippen LogP contribution in [-0.4, -0.2) is 16.1 Å². The Balaban J connectivity index is 2.13. The van der Waals surface area contributed by atoms with Crippen molar-refractivity contribution in [3.05, 3.63) is 44.1 Å². The Morgan fingerprint density at radius 1 is 0.417 bits per heavy atom. The van der Waals surface area contributed by atoms with Crippen molar-refractivity contribution in [3.8, 4) is 0 Å². The van der Waals surface area contributed by atoms with Crippen molar-refractivity contribution in [1.29, 1.82) is 0 Å². The Bertz CT molecular complexity index is 887. The molecule has 2 fully saturated rings. The van der Waals surface area contributed by atoms with Crippen LogP contribution >= 0.6 is 0 Å². The predicted molar refractivity (Wildman–Crippen MR) is 167 cm³/mol. The lowest BCUT2D eigenvalue weighted by atomic mass is 9.94. The van der Waals surface area contributed by atoms with E-state index in [4.69, 9.17) is 0 Å². The van der Waals surface area contributed by atoms with Gasteiger partial charge in [-0.15, -0.1) is 0 Å². The molecule has 0 spiro atoms. The number of fused-ring (bicyclic) bond motifs is 1. The summed E-state index contributed by atoms with van der Waals surface area (Å²) < 4.78 is 0. The van der Waals surface area contributed by atoms with E-state index in [1.165, 1.54) is 64.2 Å². The minimum absolute atomic E-state index is 0.317. The van der Waals surface area contributed by atoms with Gasteiger partial charge in [-0.2, -0.15) is 0 Å². The van der Waals surface area contributed by atoms with Gasteiger partial charge in [-0.3, -0.25) is 0 Å². The largest absolute Gasteiger partial charge is 0.128 e. The van der Waals surface area contributed by atoms with E-state index in [1.807, 2.05) is 20.8 Å². The molecule has 2 aliphatic carbocycles. The van der Waals surface area contributed by atoms with Crippen LogP contribution in [0.25, 0.3) is 0 Å². The summed E-state index contributed by atoms with van der Waals surface area (Å²) in [4.78, 5) is 0. The molecule has 36 heavy (non-hydrogen) atoms. The highest BCUT2D eigenvalue weighted by Gasteiger charge is 2.77. The molecule has 2 aliphatic heterocycles. The first-order valence-corrected chi connectivity index (χ1v) is 19.3. The summed E-state index contributed by atoms with van der Waals surface area (Å²) in [5.41, 5.74) is 3.55. The summed E-state index contributed by atoms with van der Waals surface area (Å²) in [7, 11) is -3.92. The molecule has 2 saturated carbocycles. The predicted octanol–water partition coefficient (Wildman–Crippen LogP) is 11.6. The van der Waals surface area contributed by atoms with Gasteiger partial charge in [-0.1, -0.05) is 140 Å². The van der Waals surface area contributed by atoms with Crippen LogP contribution in [0.5, 0.6) is 0 Å². The molecule has 0 aromatic heterocycles. The van der Waals surface area contributed by atoms with Gasteiger partial charge in [0, 0.05) is 0 Å². The Morgan fingerprint density at radius 2 is 0.667 bits per heavy atom. The van der Waals surface area contributed by atoms with Gasteiger partial charge in [-0.05, 0) is 71.5 Å². The van der Waals surface area contributed by atoms with Crippen LogP contribution in [0, 0.1) is 0 Å². The molecule has 0 saturated heterocycles. The van der Waals surface area contributed by atoms with Crippen molar-refractivity contribution in [2.24, 2.45) is 0 Å². The lowest BCUT2D eigenvalue weighted by Gasteiger charge is -2.74. The van der Waals surface area contributed by atoms with Crippen LogP contribution in [0.15, 0.2) is 44.1 Å². The molecule has 0 atom stereocenters. The van der Waals surface area contributed by atoms with Crippen molar-refractivity contribution < 1.29 is 0 Å². The van der Waals surface area contributed by atoms with Gasteiger partial charge in [0.2, 0.25) is 0 Å². The maximum absolute atomic E-state index is 2.85. The molecule has 0 unspecified atom stereocenters. The Morgan fingerprint density at radius 3 is 0.889 bits per heavy atom. The van der Waals surface area contributed by atoms with Gasteiger partial charge in [0.25, 0.3) is 0 Å². The van der Waals surface area contributed by atoms with Gasteiger partial charge < -0.3 is 0 Å². The monoisotopic (exact) mass is 522 g/mol. The lowest BCUT2D eigenvalue weighted by molar-refractivity contribution is 0.588. The fraction of sp³-hybridized carbons (Fsp3) is 0.765. The number of hydrogen-bond donors (Lipinski definition) is 0. The van der Waals surface area contributed by atoms with Crippen molar-refractivity contribution in [1.82, 2.24) is 0 Å². The fourth-order valence-corrected chi connectivity index (χ4v) is 28.1. The highest BCUT2D eigenvalue weighted by Crippen LogP contribution is 2.78. The van der Waals surface area contributed by atoms with Crippen LogP contribution in [0.1, 0.15) is 147 Å². The van der Waals surface area contributed by atoms with Crippen LogP contribution in [-0.2, 0) is 0 Å². The maximum Gasteiger partial charge on any atom is 0.128 e. The first-order valence-electron chi connectivity index (χ1n) is 15.3. The molecule has 4 aliphatic rings. The molecule has 0 amide bonds. The Hall–Kier alpha value is -0.606. The summed E-state index contributed by atoms with van der Waals surface area (Å²) in [6.07, 6.45) is 19.5. The summed E-state index contributed by atoms with van der Waals surface area (Å²) in [5, 5.41) is 8.98. The number of rotatable bonds is 2. The summed E-state index contributed by atoms with van der Waals surface area (Å²) >= 11 is 0. The molecule has 0 nitrogen and oxygen atoms in total. The van der Waals surface area contributed by atoms with Crippen LogP contribution in [0.2, 0.25) is 20.2 Å². The topological polar surface area (TPSA) is 0 Å². The van der Waals surface area contributed by atoms with Gasteiger partial charge in [0.05, 0.1) is 0 Å². The number of allylic oxidation sites excluding steroid dienone is 8. The highest BCUT2D eigenvalue weighted by molar-refractivity contribution is 7.17. The second-order valence-corrected chi connectivity index (χ2v) is 27.9. The van der Waals surface area contributed by atoms with Crippen molar-refractivity contribution in [2.75, 3.05) is 0 Å². The van der Waals surface area contributed by atoms with Gasteiger partial charge in [-0.25, -0.2) is 0 Å². The van der Waals surface area contributed by atoms with Crippen LogP contribution in [0.3, 0.4) is 0 Å². The minimum Gasteiger partial charge on any atom is -0.0703 e. The number of hydrogen-bond acceptors (Lipinski definition) is 0. The zero-order valence-corrected chi connectivity index (χ0v) is 28.2. The van der Waals surface area contributed by atoms with Crippen LogP contribution in [0.4, 0.5) is 0 Å². The van der Waals surface area contributed by atoms with Crippen LogP contribution < -0.4 is 0 Å². The van der Waals surface area contributed by atoms with Crippen molar-refractivity contribution in [2.45, 2.75) is 167 Å². The molecule has 2 heterocycles. The maximum atomic E-state index is 2.85. The first-order chi connectivity index (χ1) is 16.4. The standard InChI is InChI=1S/C34H58Si2/c1-31(2,3)35(32(4,5)6)27(23-25-19-15-13-16-20-25)30-29(35)28(24-26-21-17-14-18-22-26)36(30,33(7,8)9)34(10,11)12/h23-24H,13-22H2,1-12H3. The molecule has 4 rings (SSSR count). The molecule has 0 aromatic rings. The van der Waals surface area contributed by atoms with E-state index in [1.54, 1.807) is 11.1 Å². The quantitative estimate of drug-likeness (QED) is 0.316. The van der Waals surface area contributed by atoms with Gasteiger partial charge in [0.15, 0.2) is 0 Å². The summed E-state index contributed by atoms with van der Waals surface area (Å²) in [6.45, 7) is 31.3. The first kappa shape index (κ1) is 28.4. The Labute approximate surface area is 227 Å². The van der Waals surface area contributed by atoms with E-state index >= 15 is 0 Å². The van der Waals surface area contributed by atoms with Gasteiger partial charge in [0.1, 0.15) is 16.1 Å². The summed E-state index contributed by atoms with van der Waals surface area (Å²) in [5.74, 6) is 0. The third-order valence-corrected chi connectivity index (χ3v) is 25.2. The molecule has 2 heteroatoms. The Kier molecular flexibility index (Phi) is 7.08. The molecule has 202 valence electrons. The lowest BCUT2D eigenvalue weighted by Crippen LogP contribution is -2.76. The second kappa shape index (κ2) is 8.97. The fourth-order valence-electron chi connectivity index (χ4n) is 10.0. The average Bonchev–Trinajstić information content (AvgIpc) is 2.70. The van der Waals surface area contributed by atoms with E-state index in [2.05, 4.69) is 95.2 Å². The van der Waals surface area contributed by atoms with E-state index in [0.29, 0.717) is 20.2 Å². The van der Waals surface area contributed by atoms with Gasteiger partial charge >= 0.3 is 0 Å². The smallest absolute Gasteiger partial charge is 0.0703 e. The minimum atomic E-state index is -1.96.